The van der Waals surface area contributed by atoms with Crippen molar-refractivity contribution in [2.45, 2.75) is 32.6 Å². The van der Waals surface area contributed by atoms with Gasteiger partial charge in [0.25, 0.3) is 0 Å². The van der Waals surface area contributed by atoms with Gasteiger partial charge in [0.2, 0.25) is 0 Å². The molecule has 1 aliphatic rings. The van der Waals surface area contributed by atoms with Crippen LogP contribution in [0, 0.1) is 24.2 Å². The molecule has 6 nitrogen and oxygen atoms in total. The van der Waals surface area contributed by atoms with E-state index in [0.29, 0.717) is 17.9 Å². The number of rotatable bonds is 5. The van der Waals surface area contributed by atoms with Crippen LogP contribution in [-0.2, 0) is 4.57 Å². The lowest BCUT2D eigenvalue weighted by Crippen LogP contribution is -2.34. The maximum Gasteiger partial charge on any atom is 0.325 e. The molecule has 1 aromatic heterocycles. The Morgan fingerprint density at radius 3 is 2.73 bits per heavy atom. The number of nitrogens with zero attached hydrogens (tertiary/aromatic N) is 3. The van der Waals surface area contributed by atoms with Crippen molar-refractivity contribution in [2.24, 2.45) is 5.92 Å². The molecule has 2 aromatic rings. The van der Waals surface area contributed by atoms with Gasteiger partial charge in [-0.1, -0.05) is 12.1 Å². The minimum absolute atomic E-state index is 0.0276. The molecule has 0 unspecified atom stereocenters. The number of aryl methyl sites for hydroxylation is 1. The molecule has 1 saturated heterocycles. The number of anilines is 1. The molecule has 7 heteroatoms. The fourth-order valence-corrected chi connectivity index (χ4v) is 4.34. The summed E-state index contributed by atoms with van der Waals surface area (Å²) >= 11 is 0. The van der Waals surface area contributed by atoms with Gasteiger partial charge < -0.3 is 14.7 Å². The lowest BCUT2D eigenvalue weighted by atomic mass is 9.91. The predicted octanol–water partition coefficient (Wildman–Crippen LogP) is 3.59. The molecule has 138 valence electrons. The summed E-state index contributed by atoms with van der Waals surface area (Å²) in [6.07, 6.45) is 4.99. The zero-order valence-corrected chi connectivity index (χ0v) is 15.8. The number of hydrogen-bond acceptors (Lipinski definition) is 4. The summed E-state index contributed by atoms with van der Waals surface area (Å²) in [4.78, 5) is 24.6. The molecule has 1 aliphatic heterocycles. The summed E-state index contributed by atoms with van der Waals surface area (Å²) < 4.78 is 11.0. The molecule has 0 spiro atoms. The van der Waals surface area contributed by atoms with E-state index in [4.69, 9.17) is 9.79 Å². The molecule has 0 aliphatic carbocycles. The molecule has 1 fully saturated rings. The third kappa shape index (κ3) is 4.42. The third-order valence-electron chi connectivity index (χ3n) is 5.11. The molecule has 0 atom stereocenters. The minimum atomic E-state index is -3.89. The maximum absolute atomic E-state index is 11.0. The van der Waals surface area contributed by atoms with E-state index >= 15 is 0 Å². The van der Waals surface area contributed by atoms with Gasteiger partial charge in [-0.2, -0.15) is 5.26 Å². The second kappa shape index (κ2) is 7.75. The van der Waals surface area contributed by atoms with Crippen LogP contribution in [0.2, 0.25) is 0 Å². The first-order chi connectivity index (χ1) is 12.4. The number of pyridine rings is 1. The van der Waals surface area contributed by atoms with Crippen LogP contribution < -0.4 is 4.90 Å². The molecule has 0 bridgehead atoms. The van der Waals surface area contributed by atoms with Gasteiger partial charge >= 0.3 is 7.60 Å². The highest BCUT2D eigenvalue weighted by atomic mass is 31.2. The Balaban J connectivity index is 1.73. The SMILES string of the molecule is Cc1ccc2c(N3CCC(CCCP(=O)(O)O)CC3)c(C#N)cnc2c1. The van der Waals surface area contributed by atoms with Gasteiger partial charge in [-0.15, -0.1) is 0 Å². The second-order valence-corrected chi connectivity index (χ2v) is 8.89. The Hall–Kier alpha value is -1.93. The third-order valence-corrected chi connectivity index (χ3v) is 6.01. The van der Waals surface area contributed by atoms with Crippen LogP contribution in [-0.4, -0.2) is 34.0 Å². The van der Waals surface area contributed by atoms with E-state index in [9.17, 15) is 9.83 Å². The summed E-state index contributed by atoms with van der Waals surface area (Å²) in [6, 6.07) is 8.39. The van der Waals surface area contributed by atoms with Crippen molar-refractivity contribution in [1.82, 2.24) is 4.98 Å². The van der Waals surface area contributed by atoms with Gasteiger partial charge in [-0.05, 0) is 50.2 Å². The first-order valence-electron chi connectivity index (χ1n) is 8.96. The van der Waals surface area contributed by atoms with Crippen LogP contribution in [0.15, 0.2) is 24.4 Å². The Morgan fingerprint density at radius 2 is 2.08 bits per heavy atom. The fourth-order valence-electron chi connectivity index (χ4n) is 3.74. The van der Waals surface area contributed by atoms with Gasteiger partial charge in [0.15, 0.2) is 0 Å². The van der Waals surface area contributed by atoms with Gasteiger partial charge in [-0.3, -0.25) is 9.55 Å². The minimum Gasteiger partial charge on any atom is -0.370 e. The van der Waals surface area contributed by atoms with Gasteiger partial charge in [-0.25, -0.2) is 0 Å². The number of aromatic nitrogens is 1. The van der Waals surface area contributed by atoms with Gasteiger partial charge in [0, 0.05) is 30.8 Å². The summed E-state index contributed by atoms with van der Waals surface area (Å²) in [7, 11) is -3.89. The topological polar surface area (TPSA) is 97.5 Å². The molecule has 26 heavy (non-hydrogen) atoms. The van der Waals surface area contributed by atoms with Crippen LogP contribution in [0.3, 0.4) is 0 Å². The Kier molecular flexibility index (Phi) is 5.62. The molecular weight excluding hydrogens is 349 g/mol. The number of benzene rings is 1. The molecule has 0 radical (unpaired) electrons. The molecule has 0 amide bonds. The van der Waals surface area contributed by atoms with E-state index < -0.39 is 7.60 Å². The van der Waals surface area contributed by atoms with Crippen molar-refractivity contribution < 1.29 is 14.4 Å². The van der Waals surface area contributed by atoms with Gasteiger partial charge in [0.1, 0.15) is 6.07 Å². The summed E-state index contributed by atoms with van der Waals surface area (Å²) in [6.45, 7) is 3.73. The zero-order valence-electron chi connectivity index (χ0n) is 14.9. The molecule has 1 aromatic carbocycles. The van der Waals surface area contributed by atoms with Crippen molar-refractivity contribution in [2.75, 3.05) is 24.2 Å². The van der Waals surface area contributed by atoms with E-state index in [-0.39, 0.29) is 6.16 Å². The number of nitriles is 1. The van der Waals surface area contributed by atoms with Crippen molar-refractivity contribution >= 4 is 24.2 Å². The van der Waals surface area contributed by atoms with Crippen molar-refractivity contribution in [3.63, 3.8) is 0 Å². The second-order valence-electron chi connectivity index (χ2n) is 7.11. The molecule has 2 N–H and O–H groups in total. The van der Waals surface area contributed by atoms with Crippen molar-refractivity contribution in [3.8, 4) is 6.07 Å². The normalized spacial score (nSPS) is 16.0. The predicted molar refractivity (Wildman–Crippen MR) is 102 cm³/mol. The summed E-state index contributed by atoms with van der Waals surface area (Å²) in [5, 5.41) is 10.5. The zero-order chi connectivity index (χ0) is 18.7. The van der Waals surface area contributed by atoms with Crippen LogP contribution >= 0.6 is 7.60 Å². The number of hydrogen-bond donors (Lipinski definition) is 2. The van der Waals surface area contributed by atoms with E-state index in [2.05, 4.69) is 16.0 Å². The monoisotopic (exact) mass is 373 g/mol. The molecular formula is C19H24N3O3P. The lowest BCUT2D eigenvalue weighted by molar-refractivity contribution is 0.355. The van der Waals surface area contributed by atoms with Crippen molar-refractivity contribution in [1.29, 1.82) is 5.26 Å². The maximum atomic E-state index is 11.0. The van der Waals surface area contributed by atoms with Crippen LogP contribution in [0.5, 0.6) is 0 Å². The largest absolute Gasteiger partial charge is 0.370 e. The van der Waals surface area contributed by atoms with E-state index in [1.54, 1.807) is 6.20 Å². The van der Waals surface area contributed by atoms with Crippen LogP contribution in [0.25, 0.3) is 10.9 Å². The quantitative estimate of drug-likeness (QED) is 0.778. The molecule has 3 rings (SSSR count). The Labute approximate surface area is 153 Å². The van der Waals surface area contributed by atoms with E-state index in [1.807, 2.05) is 25.1 Å². The highest BCUT2D eigenvalue weighted by molar-refractivity contribution is 7.51. The average Bonchev–Trinajstić information content (AvgIpc) is 2.60. The highest BCUT2D eigenvalue weighted by Crippen LogP contribution is 2.37. The van der Waals surface area contributed by atoms with E-state index in [1.165, 1.54) is 0 Å². The lowest BCUT2D eigenvalue weighted by Gasteiger charge is -2.34. The molecule has 0 saturated carbocycles. The average molecular weight is 373 g/mol. The van der Waals surface area contributed by atoms with Gasteiger partial charge in [0.05, 0.1) is 16.8 Å². The van der Waals surface area contributed by atoms with E-state index in [0.717, 1.165) is 54.5 Å². The van der Waals surface area contributed by atoms with Crippen molar-refractivity contribution in [3.05, 3.63) is 35.5 Å². The highest BCUT2D eigenvalue weighted by Gasteiger charge is 2.24. The standard InChI is InChI=1S/C19H24N3O3P/c1-14-4-5-17-18(11-14)21-13-16(12-20)19(17)22-8-6-15(7-9-22)3-2-10-26(23,24)25/h4-5,11,13,15H,2-3,6-10H2,1H3,(H2,23,24,25). The number of piperidine rings is 1. The first-order valence-corrected chi connectivity index (χ1v) is 10.8. The van der Waals surface area contributed by atoms with Crippen LogP contribution in [0.1, 0.15) is 36.8 Å². The van der Waals surface area contributed by atoms with Crippen LogP contribution in [0.4, 0.5) is 5.69 Å². The Morgan fingerprint density at radius 1 is 1.35 bits per heavy atom. The first kappa shape index (κ1) is 18.8. The Bertz CT molecular complexity index is 879. The summed E-state index contributed by atoms with van der Waals surface area (Å²) in [5.41, 5.74) is 3.61. The number of fused-ring (bicyclic) bond motifs is 1. The molecule has 2 heterocycles. The summed E-state index contributed by atoms with van der Waals surface area (Å²) in [5.74, 6) is 0.485. The smallest absolute Gasteiger partial charge is 0.325 e. The fraction of sp³-hybridized carbons (Fsp3) is 0.474.